The summed E-state index contributed by atoms with van der Waals surface area (Å²) >= 11 is 3.53. The zero-order valence-electron chi connectivity index (χ0n) is 12.8. The number of nitrogens with zero attached hydrogens (tertiary/aromatic N) is 4. The van der Waals surface area contributed by atoms with Gasteiger partial charge in [-0.1, -0.05) is 28.1 Å². The Labute approximate surface area is 138 Å². The Hall–Kier alpha value is -1.72. The smallest absolute Gasteiger partial charge is 0.102 e. The fourth-order valence-electron chi connectivity index (χ4n) is 2.58. The van der Waals surface area contributed by atoms with Crippen LogP contribution in [0.3, 0.4) is 0 Å². The first-order valence-corrected chi connectivity index (χ1v) is 8.15. The maximum Gasteiger partial charge on any atom is 0.102 e. The van der Waals surface area contributed by atoms with Crippen molar-refractivity contribution in [2.75, 3.05) is 20.6 Å². The molecule has 0 aliphatic heterocycles. The van der Waals surface area contributed by atoms with Crippen molar-refractivity contribution in [2.24, 2.45) is 0 Å². The second-order valence-electron chi connectivity index (χ2n) is 5.63. The molecule has 4 nitrogen and oxygen atoms in total. The Kier molecular flexibility index (Phi) is 4.55. The highest BCUT2D eigenvalue weighted by atomic mass is 79.9. The summed E-state index contributed by atoms with van der Waals surface area (Å²) in [6, 6.07) is 10.3. The van der Waals surface area contributed by atoms with Gasteiger partial charge < -0.3 is 4.90 Å². The second kappa shape index (κ2) is 6.58. The van der Waals surface area contributed by atoms with Gasteiger partial charge in [-0.2, -0.15) is 5.10 Å². The second-order valence-corrected chi connectivity index (χ2v) is 6.55. The largest absolute Gasteiger partial charge is 0.309 e. The van der Waals surface area contributed by atoms with Crippen molar-refractivity contribution >= 4 is 26.8 Å². The summed E-state index contributed by atoms with van der Waals surface area (Å²) in [7, 11) is 4.19. The number of aromatic nitrogens is 3. The lowest BCUT2D eigenvalue weighted by atomic mass is 10.1. The van der Waals surface area contributed by atoms with Crippen LogP contribution < -0.4 is 0 Å². The van der Waals surface area contributed by atoms with E-state index in [9.17, 15) is 0 Å². The van der Waals surface area contributed by atoms with Crippen molar-refractivity contribution in [1.82, 2.24) is 19.7 Å². The van der Waals surface area contributed by atoms with E-state index in [0.29, 0.717) is 0 Å². The number of hydrogen-bond acceptors (Lipinski definition) is 3. The Morgan fingerprint density at radius 1 is 1.23 bits per heavy atom. The summed E-state index contributed by atoms with van der Waals surface area (Å²) in [4.78, 5) is 6.47. The van der Waals surface area contributed by atoms with Crippen LogP contribution in [0.4, 0.5) is 0 Å². The molecule has 0 fully saturated rings. The van der Waals surface area contributed by atoms with Gasteiger partial charge in [-0.3, -0.25) is 9.67 Å². The van der Waals surface area contributed by atoms with E-state index in [1.54, 1.807) is 0 Å². The van der Waals surface area contributed by atoms with Gasteiger partial charge in [0.05, 0.1) is 5.52 Å². The molecule has 0 bridgehead atoms. The minimum Gasteiger partial charge on any atom is -0.309 e. The van der Waals surface area contributed by atoms with Crippen LogP contribution in [0.5, 0.6) is 0 Å². The molecular formula is C17H19BrN4. The highest BCUT2D eigenvalue weighted by molar-refractivity contribution is 9.10. The molecule has 0 atom stereocenters. The van der Waals surface area contributed by atoms with Crippen molar-refractivity contribution in [3.8, 4) is 11.3 Å². The van der Waals surface area contributed by atoms with Gasteiger partial charge in [-0.05, 0) is 45.3 Å². The van der Waals surface area contributed by atoms with E-state index in [1.807, 2.05) is 30.6 Å². The lowest BCUT2D eigenvalue weighted by Crippen LogP contribution is -2.15. The maximum absolute atomic E-state index is 4.83. The summed E-state index contributed by atoms with van der Waals surface area (Å²) < 4.78 is 3.15. The fourth-order valence-corrected chi connectivity index (χ4v) is 2.98. The Balaban J connectivity index is 2.00. The van der Waals surface area contributed by atoms with Crippen molar-refractivity contribution in [3.05, 3.63) is 47.2 Å². The predicted molar refractivity (Wildman–Crippen MR) is 93.8 cm³/mol. The van der Waals surface area contributed by atoms with Gasteiger partial charge in [-0.25, -0.2) is 0 Å². The first-order chi connectivity index (χ1) is 10.6. The molecule has 0 unspecified atom stereocenters. The van der Waals surface area contributed by atoms with Crippen LogP contribution in [-0.4, -0.2) is 40.3 Å². The number of hydrogen-bond donors (Lipinski definition) is 0. The quantitative estimate of drug-likeness (QED) is 0.695. The molecule has 5 heteroatoms. The molecule has 0 radical (unpaired) electrons. The van der Waals surface area contributed by atoms with Crippen LogP contribution in [0.1, 0.15) is 6.42 Å². The van der Waals surface area contributed by atoms with Gasteiger partial charge in [0.1, 0.15) is 5.69 Å². The van der Waals surface area contributed by atoms with Crippen molar-refractivity contribution in [2.45, 2.75) is 13.0 Å². The zero-order valence-corrected chi connectivity index (χ0v) is 14.4. The van der Waals surface area contributed by atoms with Crippen LogP contribution in [0.15, 0.2) is 47.2 Å². The number of benzene rings is 1. The van der Waals surface area contributed by atoms with E-state index in [0.717, 1.165) is 46.1 Å². The van der Waals surface area contributed by atoms with E-state index in [2.05, 4.69) is 56.7 Å². The van der Waals surface area contributed by atoms with Crippen LogP contribution in [-0.2, 0) is 6.54 Å². The summed E-state index contributed by atoms with van der Waals surface area (Å²) in [5, 5.41) is 5.94. The van der Waals surface area contributed by atoms with E-state index >= 15 is 0 Å². The van der Waals surface area contributed by atoms with Crippen LogP contribution in [0.2, 0.25) is 0 Å². The minimum absolute atomic E-state index is 0.909. The van der Waals surface area contributed by atoms with Crippen molar-refractivity contribution in [1.29, 1.82) is 0 Å². The topological polar surface area (TPSA) is 34.0 Å². The SMILES string of the molecule is CN(C)CCCn1nc(-c2cccc(Br)c2)c2cnccc21. The zero-order chi connectivity index (χ0) is 15.5. The standard InChI is InChI=1S/C17H19BrN4/c1-21(2)9-4-10-22-16-7-8-19-12-15(16)17(20-22)13-5-3-6-14(18)11-13/h3,5-8,11-12H,4,9-10H2,1-2H3. The third-order valence-corrected chi connectivity index (χ3v) is 4.12. The van der Waals surface area contributed by atoms with Crippen molar-refractivity contribution in [3.63, 3.8) is 0 Å². The first-order valence-electron chi connectivity index (χ1n) is 7.36. The Bertz CT molecular complexity index is 779. The van der Waals surface area contributed by atoms with Gasteiger partial charge >= 0.3 is 0 Å². The average molecular weight is 359 g/mol. The van der Waals surface area contributed by atoms with E-state index in [4.69, 9.17) is 5.10 Å². The van der Waals surface area contributed by atoms with Crippen LogP contribution in [0, 0.1) is 0 Å². The normalized spacial score (nSPS) is 11.5. The molecule has 0 saturated carbocycles. The van der Waals surface area contributed by atoms with Gasteiger partial charge in [-0.15, -0.1) is 0 Å². The Morgan fingerprint density at radius 3 is 2.86 bits per heavy atom. The minimum atomic E-state index is 0.909. The summed E-state index contributed by atoms with van der Waals surface area (Å²) in [6.45, 7) is 1.96. The molecule has 2 heterocycles. The summed E-state index contributed by atoms with van der Waals surface area (Å²) in [5.41, 5.74) is 3.25. The third kappa shape index (κ3) is 3.20. The highest BCUT2D eigenvalue weighted by Crippen LogP contribution is 2.29. The molecule has 22 heavy (non-hydrogen) atoms. The van der Waals surface area contributed by atoms with Gasteiger partial charge in [0.15, 0.2) is 0 Å². The van der Waals surface area contributed by atoms with Gasteiger partial charge in [0, 0.05) is 34.4 Å². The van der Waals surface area contributed by atoms with E-state index in [-0.39, 0.29) is 0 Å². The van der Waals surface area contributed by atoms with Gasteiger partial charge in [0.25, 0.3) is 0 Å². The molecule has 0 aliphatic carbocycles. The third-order valence-electron chi connectivity index (χ3n) is 3.63. The molecule has 0 spiro atoms. The Morgan fingerprint density at radius 2 is 2.09 bits per heavy atom. The number of aryl methyl sites for hydroxylation is 1. The van der Waals surface area contributed by atoms with Crippen LogP contribution in [0.25, 0.3) is 22.2 Å². The number of halogens is 1. The van der Waals surface area contributed by atoms with Gasteiger partial charge in [0.2, 0.25) is 0 Å². The maximum atomic E-state index is 4.83. The van der Waals surface area contributed by atoms with Crippen LogP contribution >= 0.6 is 15.9 Å². The molecule has 0 aliphatic rings. The summed E-state index contributed by atoms with van der Waals surface area (Å²) in [6.07, 6.45) is 4.81. The molecule has 1 aromatic carbocycles. The highest BCUT2D eigenvalue weighted by Gasteiger charge is 2.12. The lowest BCUT2D eigenvalue weighted by Gasteiger charge is -2.09. The predicted octanol–water partition coefficient (Wildman–Crippen LogP) is 3.81. The first kappa shape index (κ1) is 15.2. The molecular weight excluding hydrogens is 340 g/mol. The number of pyridine rings is 1. The van der Waals surface area contributed by atoms with E-state index in [1.165, 1.54) is 0 Å². The number of fused-ring (bicyclic) bond motifs is 1. The monoisotopic (exact) mass is 358 g/mol. The average Bonchev–Trinajstić information content (AvgIpc) is 2.86. The van der Waals surface area contributed by atoms with Crippen molar-refractivity contribution < 1.29 is 0 Å². The summed E-state index contributed by atoms with van der Waals surface area (Å²) in [5.74, 6) is 0. The number of rotatable bonds is 5. The fraction of sp³-hybridized carbons (Fsp3) is 0.294. The molecule has 2 aromatic heterocycles. The molecule has 0 saturated heterocycles. The molecule has 114 valence electrons. The van der Waals surface area contributed by atoms with E-state index < -0.39 is 0 Å². The molecule has 3 rings (SSSR count). The lowest BCUT2D eigenvalue weighted by molar-refractivity contribution is 0.383. The molecule has 3 aromatic rings. The molecule has 0 amide bonds. The molecule has 0 N–H and O–H groups in total.